The Bertz CT molecular complexity index is 1190. The van der Waals surface area contributed by atoms with Crippen molar-refractivity contribution in [3.63, 3.8) is 0 Å². The Morgan fingerprint density at radius 3 is 2.12 bits per heavy atom. The molecule has 1 fully saturated rings. The molecule has 0 atom stereocenters. The molecule has 8 heteroatoms. The number of amides is 1. The van der Waals surface area contributed by atoms with E-state index in [4.69, 9.17) is 0 Å². The summed E-state index contributed by atoms with van der Waals surface area (Å²) in [6.07, 6.45) is 0. The first-order valence-electron chi connectivity index (χ1n) is 11.4. The number of hydrogen-bond acceptors (Lipinski definition) is 5. The minimum absolute atomic E-state index is 0.0442. The van der Waals surface area contributed by atoms with E-state index in [2.05, 4.69) is 22.3 Å². The van der Waals surface area contributed by atoms with Gasteiger partial charge in [-0.2, -0.15) is 4.31 Å². The van der Waals surface area contributed by atoms with Gasteiger partial charge in [0, 0.05) is 39.8 Å². The smallest absolute Gasteiger partial charge is 0.243 e. The van der Waals surface area contributed by atoms with Crippen LogP contribution in [0.15, 0.2) is 89.8 Å². The Morgan fingerprint density at radius 1 is 0.853 bits per heavy atom. The predicted molar refractivity (Wildman–Crippen MR) is 135 cm³/mol. The van der Waals surface area contributed by atoms with E-state index in [0.717, 1.165) is 17.9 Å². The van der Waals surface area contributed by atoms with Crippen LogP contribution in [0.25, 0.3) is 0 Å². The lowest BCUT2D eigenvalue weighted by Crippen LogP contribution is -2.51. The molecule has 0 saturated carbocycles. The molecule has 0 spiro atoms. The summed E-state index contributed by atoms with van der Waals surface area (Å²) in [6.45, 7) is 2.25. The maximum Gasteiger partial charge on any atom is 0.243 e. The van der Waals surface area contributed by atoms with E-state index in [9.17, 15) is 13.2 Å². The van der Waals surface area contributed by atoms with Gasteiger partial charge in [0.05, 0.1) is 22.8 Å². The number of anilines is 2. The van der Waals surface area contributed by atoms with Crippen LogP contribution in [0.2, 0.25) is 0 Å². The number of carbonyl (C=O) groups is 1. The maximum absolute atomic E-state index is 12.9. The first kappa shape index (κ1) is 23.8. The van der Waals surface area contributed by atoms with Gasteiger partial charge in [-0.3, -0.25) is 4.79 Å². The van der Waals surface area contributed by atoms with Crippen molar-refractivity contribution in [2.24, 2.45) is 0 Å². The van der Waals surface area contributed by atoms with Crippen LogP contribution in [0.4, 0.5) is 11.4 Å². The summed E-state index contributed by atoms with van der Waals surface area (Å²) in [5, 5.41) is 3.28. The van der Waals surface area contributed by atoms with Crippen LogP contribution in [0.5, 0.6) is 0 Å². The van der Waals surface area contributed by atoms with E-state index >= 15 is 0 Å². The predicted octanol–water partition coefficient (Wildman–Crippen LogP) is 3.27. The molecule has 1 heterocycles. The first-order valence-corrected chi connectivity index (χ1v) is 12.8. The van der Waals surface area contributed by atoms with Gasteiger partial charge in [-0.25, -0.2) is 8.42 Å². The highest BCUT2D eigenvalue weighted by Gasteiger charge is 2.29. The fourth-order valence-corrected chi connectivity index (χ4v) is 5.54. The zero-order valence-electron chi connectivity index (χ0n) is 19.3. The van der Waals surface area contributed by atoms with Crippen LogP contribution < -0.4 is 10.2 Å². The number of benzene rings is 3. The third-order valence-corrected chi connectivity index (χ3v) is 7.89. The number of carbonyl (C=O) groups excluding carboxylic acids is 1. The largest absolute Gasteiger partial charge is 0.374 e. The molecule has 1 N–H and O–H groups in total. The van der Waals surface area contributed by atoms with Crippen molar-refractivity contribution in [2.75, 3.05) is 50.0 Å². The van der Waals surface area contributed by atoms with Crippen molar-refractivity contribution in [3.8, 4) is 0 Å². The number of para-hydroxylation sites is 2. The lowest BCUT2D eigenvalue weighted by Gasteiger charge is -2.34. The number of piperazine rings is 1. The molecule has 4 rings (SSSR count). The van der Waals surface area contributed by atoms with E-state index in [0.29, 0.717) is 26.2 Å². The molecule has 0 radical (unpaired) electrons. The molecular formula is C26H30N4O3S. The van der Waals surface area contributed by atoms with Crippen molar-refractivity contribution in [2.45, 2.75) is 11.4 Å². The van der Waals surface area contributed by atoms with Crippen LogP contribution >= 0.6 is 0 Å². The number of nitrogens with zero attached hydrogens (tertiary/aromatic N) is 3. The first-order chi connectivity index (χ1) is 16.4. The van der Waals surface area contributed by atoms with Crippen LogP contribution in [0.1, 0.15) is 5.56 Å². The number of rotatable bonds is 8. The van der Waals surface area contributed by atoms with Crippen LogP contribution in [0.3, 0.4) is 0 Å². The van der Waals surface area contributed by atoms with E-state index in [-0.39, 0.29) is 17.3 Å². The van der Waals surface area contributed by atoms with Crippen molar-refractivity contribution in [1.82, 2.24) is 9.21 Å². The monoisotopic (exact) mass is 478 g/mol. The summed E-state index contributed by atoms with van der Waals surface area (Å²) in [7, 11) is -1.50. The molecular weight excluding hydrogens is 448 g/mol. The molecule has 3 aromatic carbocycles. The van der Waals surface area contributed by atoms with Gasteiger partial charge in [-0.1, -0.05) is 60.7 Å². The van der Waals surface area contributed by atoms with Gasteiger partial charge in [0.1, 0.15) is 0 Å². The summed E-state index contributed by atoms with van der Waals surface area (Å²) in [6, 6.07) is 26.6. The summed E-state index contributed by atoms with van der Waals surface area (Å²) in [4.78, 5) is 17.0. The highest BCUT2D eigenvalue weighted by Crippen LogP contribution is 2.26. The van der Waals surface area contributed by atoms with Gasteiger partial charge in [-0.05, 0) is 29.8 Å². The average Bonchev–Trinajstić information content (AvgIpc) is 2.88. The second-order valence-electron chi connectivity index (χ2n) is 8.31. The van der Waals surface area contributed by atoms with Gasteiger partial charge in [0.2, 0.25) is 15.9 Å². The topological polar surface area (TPSA) is 73.0 Å². The highest BCUT2D eigenvalue weighted by atomic mass is 32.2. The fourth-order valence-electron chi connectivity index (χ4n) is 4.10. The van der Waals surface area contributed by atoms with E-state index in [1.165, 1.54) is 9.87 Å². The number of sulfonamides is 1. The molecule has 0 bridgehead atoms. The SMILES string of the molecule is CN(Cc1ccccc1)c1ccccc1NCC(=O)N1CCN(S(=O)(=O)c2ccccc2)CC1. The lowest BCUT2D eigenvalue weighted by atomic mass is 10.2. The van der Waals surface area contributed by atoms with Crippen molar-refractivity contribution in [3.05, 3.63) is 90.5 Å². The molecule has 1 aliphatic heterocycles. The van der Waals surface area contributed by atoms with Gasteiger partial charge in [0.15, 0.2) is 0 Å². The minimum Gasteiger partial charge on any atom is -0.374 e. The average molecular weight is 479 g/mol. The molecule has 1 aliphatic rings. The Labute approximate surface area is 201 Å². The highest BCUT2D eigenvalue weighted by molar-refractivity contribution is 7.89. The quantitative estimate of drug-likeness (QED) is 0.538. The molecule has 0 aromatic heterocycles. The van der Waals surface area contributed by atoms with E-state index in [1.807, 2.05) is 49.5 Å². The van der Waals surface area contributed by atoms with Crippen LogP contribution in [0, 0.1) is 0 Å². The third kappa shape index (κ3) is 5.58. The van der Waals surface area contributed by atoms with Gasteiger partial charge < -0.3 is 15.1 Å². The van der Waals surface area contributed by atoms with Gasteiger partial charge >= 0.3 is 0 Å². The van der Waals surface area contributed by atoms with Crippen molar-refractivity contribution < 1.29 is 13.2 Å². The Kier molecular flexibility index (Phi) is 7.49. The van der Waals surface area contributed by atoms with Crippen LogP contribution in [-0.4, -0.2) is 63.3 Å². The molecule has 178 valence electrons. The second kappa shape index (κ2) is 10.7. The van der Waals surface area contributed by atoms with Crippen molar-refractivity contribution in [1.29, 1.82) is 0 Å². The number of nitrogens with one attached hydrogen (secondary N) is 1. The molecule has 3 aromatic rings. The summed E-state index contributed by atoms with van der Waals surface area (Å²) in [5.74, 6) is -0.0442. The molecule has 0 aliphatic carbocycles. The molecule has 1 saturated heterocycles. The van der Waals surface area contributed by atoms with Crippen LogP contribution in [-0.2, 0) is 21.4 Å². The number of hydrogen-bond donors (Lipinski definition) is 1. The van der Waals surface area contributed by atoms with E-state index < -0.39 is 10.0 Å². The third-order valence-electron chi connectivity index (χ3n) is 5.98. The van der Waals surface area contributed by atoms with Crippen molar-refractivity contribution >= 4 is 27.3 Å². The minimum atomic E-state index is -3.53. The fraction of sp³-hybridized carbons (Fsp3) is 0.269. The normalized spacial score (nSPS) is 14.6. The van der Waals surface area contributed by atoms with E-state index in [1.54, 1.807) is 35.2 Å². The molecule has 1 amide bonds. The Hall–Kier alpha value is -3.36. The summed E-state index contributed by atoms with van der Waals surface area (Å²) >= 11 is 0. The second-order valence-corrected chi connectivity index (χ2v) is 10.2. The molecule has 7 nitrogen and oxygen atoms in total. The summed E-state index contributed by atoms with van der Waals surface area (Å²) in [5.41, 5.74) is 3.11. The Morgan fingerprint density at radius 2 is 1.44 bits per heavy atom. The summed E-state index contributed by atoms with van der Waals surface area (Å²) < 4.78 is 27.1. The molecule has 0 unspecified atom stereocenters. The zero-order chi connectivity index (χ0) is 24.0. The lowest BCUT2D eigenvalue weighted by molar-refractivity contribution is -0.130. The standard InChI is InChI=1S/C26H30N4O3S/c1-28(21-22-10-4-2-5-11-22)25-15-9-8-14-24(25)27-20-26(31)29-16-18-30(19-17-29)34(32,33)23-12-6-3-7-13-23/h2-15,27H,16-21H2,1H3. The Balaban J connectivity index is 1.33. The zero-order valence-corrected chi connectivity index (χ0v) is 20.1. The van der Waals surface area contributed by atoms with Gasteiger partial charge in [0.25, 0.3) is 0 Å². The maximum atomic E-state index is 12.9. The van der Waals surface area contributed by atoms with Gasteiger partial charge in [-0.15, -0.1) is 0 Å². The molecule has 34 heavy (non-hydrogen) atoms.